The normalized spacial score (nSPS) is 11.6. The second kappa shape index (κ2) is 8.19. The van der Waals surface area contributed by atoms with Crippen molar-refractivity contribution < 1.29 is 14.3 Å². The van der Waals surface area contributed by atoms with Gasteiger partial charge in [-0.15, -0.1) is 0 Å². The Labute approximate surface area is 177 Å². The van der Waals surface area contributed by atoms with Gasteiger partial charge in [-0.25, -0.2) is 0 Å². The number of benzene rings is 4. The zero-order chi connectivity index (χ0) is 21.1. The first-order valence-corrected chi connectivity index (χ1v) is 10.3. The molecule has 0 bridgehead atoms. The third-order valence-corrected chi connectivity index (χ3v) is 4.93. The third kappa shape index (κ3) is 4.30. The first-order chi connectivity index (χ1) is 14.4. The first kappa shape index (κ1) is 20.0. The fraction of sp³-hybridized carbons (Fsp3) is 0.222. The van der Waals surface area contributed by atoms with Crippen LogP contribution in [0.1, 0.15) is 27.2 Å². The first-order valence-electron chi connectivity index (χ1n) is 10.3. The number of hydrogen-bond donors (Lipinski definition) is 0. The van der Waals surface area contributed by atoms with Gasteiger partial charge in [0.25, 0.3) is 0 Å². The molecule has 4 rings (SSSR count). The highest BCUT2D eigenvalue weighted by molar-refractivity contribution is 6.07. The van der Waals surface area contributed by atoms with E-state index in [0.29, 0.717) is 0 Å². The molecule has 0 saturated carbocycles. The fourth-order valence-corrected chi connectivity index (χ4v) is 3.73. The van der Waals surface area contributed by atoms with Crippen molar-refractivity contribution in [3.05, 3.63) is 78.9 Å². The number of rotatable bonds is 5. The van der Waals surface area contributed by atoms with Crippen LogP contribution in [0.3, 0.4) is 0 Å². The summed E-state index contributed by atoms with van der Waals surface area (Å²) in [6, 6.07) is 27.0. The molecular formula is C27H26O3. The molecule has 0 radical (unpaired) electrons. The maximum atomic E-state index is 12.1. The number of carbonyl (C=O) groups is 1. The molecule has 0 atom stereocenters. The summed E-state index contributed by atoms with van der Waals surface area (Å²) >= 11 is 0. The van der Waals surface area contributed by atoms with Crippen molar-refractivity contribution in [2.24, 2.45) is 0 Å². The maximum Gasteiger partial charge on any atom is 0.309 e. The molecule has 0 amide bonds. The molecule has 0 N–H and O–H groups in total. The summed E-state index contributed by atoms with van der Waals surface area (Å²) in [6.07, 6.45) is 0.207. The molecule has 0 heterocycles. The highest BCUT2D eigenvalue weighted by Gasteiger charge is 2.17. The highest BCUT2D eigenvalue weighted by Crippen LogP contribution is 2.40. The molecule has 0 spiro atoms. The van der Waals surface area contributed by atoms with Gasteiger partial charge in [0.1, 0.15) is 11.4 Å². The van der Waals surface area contributed by atoms with Gasteiger partial charge >= 0.3 is 5.97 Å². The van der Waals surface area contributed by atoms with Gasteiger partial charge in [0.2, 0.25) is 0 Å². The number of esters is 1. The Balaban J connectivity index is 1.73. The fourth-order valence-electron chi connectivity index (χ4n) is 3.73. The van der Waals surface area contributed by atoms with Crippen LogP contribution < -0.4 is 4.74 Å². The summed E-state index contributed by atoms with van der Waals surface area (Å²) < 4.78 is 11.5. The summed E-state index contributed by atoms with van der Waals surface area (Å²) in [5.41, 5.74) is 1.68. The van der Waals surface area contributed by atoms with Crippen LogP contribution in [0.2, 0.25) is 0 Å². The van der Waals surface area contributed by atoms with E-state index in [1.807, 2.05) is 45.0 Å². The van der Waals surface area contributed by atoms with Gasteiger partial charge in [0.05, 0.1) is 13.0 Å². The largest absolute Gasteiger partial charge is 0.492 e. The van der Waals surface area contributed by atoms with Crippen molar-refractivity contribution in [1.29, 1.82) is 0 Å². The lowest BCUT2D eigenvalue weighted by Gasteiger charge is -2.20. The zero-order valence-electron chi connectivity index (χ0n) is 17.6. The summed E-state index contributed by atoms with van der Waals surface area (Å²) in [5, 5.41) is 4.64. The molecule has 0 aliphatic carbocycles. The van der Waals surface area contributed by atoms with Crippen LogP contribution in [-0.2, 0) is 9.53 Å². The molecule has 0 unspecified atom stereocenters. The molecule has 3 nitrogen and oxygen atoms in total. The Kier molecular flexibility index (Phi) is 5.45. The Bertz CT molecular complexity index is 1200. The summed E-state index contributed by atoms with van der Waals surface area (Å²) in [7, 11) is 0. The Morgan fingerprint density at radius 2 is 1.40 bits per heavy atom. The molecule has 4 aromatic rings. The van der Waals surface area contributed by atoms with Crippen LogP contribution in [0.25, 0.3) is 32.7 Å². The minimum atomic E-state index is -0.492. The molecule has 3 heteroatoms. The average Bonchev–Trinajstić information content (AvgIpc) is 2.72. The molecule has 4 aromatic carbocycles. The monoisotopic (exact) mass is 398 g/mol. The lowest BCUT2D eigenvalue weighted by molar-refractivity contribution is -0.155. The van der Waals surface area contributed by atoms with Crippen LogP contribution in [0.5, 0.6) is 5.75 Å². The van der Waals surface area contributed by atoms with Crippen molar-refractivity contribution in [2.45, 2.75) is 32.8 Å². The van der Waals surface area contributed by atoms with Gasteiger partial charge in [-0.2, -0.15) is 0 Å². The Morgan fingerprint density at radius 1 is 0.767 bits per heavy atom. The van der Waals surface area contributed by atoms with Crippen LogP contribution >= 0.6 is 0 Å². The molecule has 0 aliphatic heterocycles. The molecule has 0 aromatic heterocycles. The lowest BCUT2D eigenvalue weighted by atomic mass is 9.93. The number of fused-ring (bicyclic) bond motifs is 2. The van der Waals surface area contributed by atoms with Crippen molar-refractivity contribution >= 4 is 27.5 Å². The van der Waals surface area contributed by atoms with Crippen molar-refractivity contribution in [3.8, 4) is 16.9 Å². The summed E-state index contributed by atoms with van der Waals surface area (Å²) in [5.74, 6) is 0.517. The summed E-state index contributed by atoms with van der Waals surface area (Å²) in [6.45, 7) is 5.88. The van der Waals surface area contributed by atoms with E-state index < -0.39 is 5.60 Å². The molecule has 0 saturated heterocycles. The van der Waals surface area contributed by atoms with Crippen LogP contribution in [0, 0.1) is 0 Å². The second-order valence-electron chi connectivity index (χ2n) is 8.37. The standard InChI is InChI=1S/C27H26O3/c1-27(2,3)30-25(28)17-18-29-24-16-15-20-10-5-7-13-22(20)26(24)23-14-8-11-19-9-4-6-12-21(19)23/h4-16H,17-18H2,1-3H3. The van der Waals surface area contributed by atoms with E-state index in [1.165, 1.54) is 10.8 Å². The highest BCUT2D eigenvalue weighted by atomic mass is 16.6. The molecule has 0 fully saturated rings. The molecular weight excluding hydrogens is 372 g/mol. The third-order valence-electron chi connectivity index (χ3n) is 4.93. The van der Waals surface area contributed by atoms with E-state index >= 15 is 0 Å². The van der Waals surface area contributed by atoms with Crippen LogP contribution in [-0.4, -0.2) is 18.2 Å². The van der Waals surface area contributed by atoms with Gasteiger partial charge in [-0.05, 0) is 53.9 Å². The van der Waals surface area contributed by atoms with Crippen LogP contribution in [0.4, 0.5) is 0 Å². The number of ether oxygens (including phenoxy) is 2. The predicted molar refractivity (Wildman–Crippen MR) is 123 cm³/mol. The molecule has 30 heavy (non-hydrogen) atoms. The zero-order valence-corrected chi connectivity index (χ0v) is 17.6. The minimum Gasteiger partial charge on any atom is -0.492 e. The van der Waals surface area contributed by atoms with E-state index in [-0.39, 0.29) is 19.0 Å². The second-order valence-corrected chi connectivity index (χ2v) is 8.37. The van der Waals surface area contributed by atoms with Crippen molar-refractivity contribution in [3.63, 3.8) is 0 Å². The van der Waals surface area contributed by atoms with Crippen LogP contribution in [0.15, 0.2) is 78.9 Å². The lowest BCUT2D eigenvalue weighted by Crippen LogP contribution is -2.24. The Hall–Kier alpha value is -3.33. The van der Waals surface area contributed by atoms with E-state index in [9.17, 15) is 4.79 Å². The number of carbonyl (C=O) groups excluding carboxylic acids is 1. The number of hydrogen-bond acceptors (Lipinski definition) is 3. The van der Waals surface area contributed by atoms with Gasteiger partial charge in [0, 0.05) is 5.56 Å². The SMILES string of the molecule is CC(C)(C)OC(=O)CCOc1ccc2ccccc2c1-c1cccc2ccccc12. The molecule has 152 valence electrons. The predicted octanol–water partition coefficient (Wildman–Crippen LogP) is 6.77. The van der Waals surface area contributed by atoms with E-state index in [2.05, 4.69) is 54.6 Å². The average molecular weight is 399 g/mol. The van der Waals surface area contributed by atoms with Gasteiger partial charge < -0.3 is 9.47 Å². The van der Waals surface area contributed by atoms with Gasteiger partial charge in [-0.3, -0.25) is 4.79 Å². The quantitative estimate of drug-likeness (QED) is 0.348. The topological polar surface area (TPSA) is 35.5 Å². The summed E-state index contributed by atoms with van der Waals surface area (Å²) in [4.78, 5) is 12.1. The van der Waals surface area contributed by atoms with E-state index in [1.54, 1.807) is 0 Å². The minimum absolute atomic E-state index is 0.207. The maximum absolute atomic E-state index is 12.1. The van der Waals surface area contributed by atoms with Gasteiger partial charge in [0.15, 0.2) is 0 Å². The smallest absolute Gasteiger partial charge is 0.309 e. The van der Waals surface area contributed by atoms with Crippen molar-refractivity contribution in [2.75, 3.05) is 6.61 Å². The Morgan fingerprint density at radius 3 is 2.13 bits per heavy atom. The van der Waals surface area contributed by atoms with Gasteiger partial charge in [-0.1, -0.05) is 72.8 Å². The van der Waals surface area contributed by atoms with Crippen molar-refractivity contribution in [1.82, 2.24) is 0 Å². The van der Waals surface area contributed by atoms with E-state index in [0.717, 1.165) is 27.6 Å². The molecule has 0 aliphatic rings. The van der Waals surface area contributed by atoms with E-state index in [4.69, 9.17) is 9.47 Å².